The topological polar surface area (TPSA) is 50.8 Å². The highest BCUT2D eigenvalue weighted by Gasteiger charge is 2.47. The van der Waals surface area contributed by atoms with Crippen molar-refractivity contribution in [2.45, 2.75) is 25.4 Å². The normalized spacial score (nSPS) is 26.8. The molecule has 2 heterocycles. The average molecular weight is 290 g/mol. The molecule has 0 bridgehead atoms. The Balaban J connectivity index is 1.80. The van der Waals surface area contributed by atoms with Gasteiger partial charge in [-0.3, -0.25) is 4.90 Å². The molecule has 0 aliphatic carbocycles. The molecule has 2 fully saturated rings. The van der Waals surface area contributed by atoms with Gasteiger partial charge in [0.25, 0.3) is 0 Å². The lowest BCUT2D eigenvalue weighted by Gasteiger charge is -2.34. The number of nitrogens with zero attached hydrogens (tertiary/aromatic N) is 1. The van der Waals surface area contributed by atoms with E-state index in [1.165, 1.54) is 0 Å². The summed E-state index contributed by atoms with van der Waals surface area (Å²) in [5.74, 6) is 1.16. The number of hydrogen-bond acceptors (Lipinski definition) is 4. The van der Waals surface area contributed by atoms with Crippen LogP contribution in [0.2, 0.25) is 0 Å². The quantitative estimate of drug-likeness (QED) is 0.929. The third-order valence-electron chi connectivity index (χ3n) is 4.58. The van der Waals surface area contributed by atoms with Crippen LogP contribution >= 0.6 is 0 Å². The van der Waals surface area contributed by atoms with Crippen LogP contribution in [0.1, 0.15) is 19.8 Å². The maximum Gasteiger partial charge on any atom is 0.415 e. The lowest BCUT2D eigenvalue weighted by atomic mass is 9.82. The summed E-state index contributed by atoms with van der Waals surface area (Å²) >= 11 is 0. The van der Waals surface area contributed by atoms with Crippen LogP contribution < -0.4 is 15.0 Å². The second-order valence-electron chi connectivity index (χ2n) is 5.99. The van der Waals surface area contributed by atoms with Gasteiger partial charge in [0, 0.05) is 12.0 Å². The van der Waals surface area contributed by atoms with E-state index in [0.717, 1.165) is 37.4 Å². The van der Waals surface area contributed by atoms with Crippen LogP contribution in [-0.2, 0) is 4.74 Å². The maximum absolute atomic E-state index is 12.3. The van der Waals surface area contributed by atoms with E-state index in [0.29, 0.717) is 12.5 Å². The zero-order chi connectivity index (χ0) is 14.9. The van der Waals surface area contributed by atoms with Crippen molar-refractivity contribution in [1.82, 2.24) is 5.32 Å². The van der Waals surface area contributed by atoms with Crippen LogP contribution in [0.4, 0.5) is 10.5 Å². The third kappa shape index (κ3) is 2.70. The Morgan fingerprint density at radius 1 is 1.38 bits per heavy atom. The predicted molar refractivity (Wildman–Crippen MR) is 80.8 cm³/mol. The Morgan fingerprint density at radius 2 is 2.14 bits per heavy atom. The lowest BCUT2D eigenvalue weighted by Crippen LogP contribution is -2.44. The van der Waals surface area contributed by atoms with Gasteiger partial charge in [-0.1, -0.05) is 6.07 Å². The molecule has 1 amide bonds. The van der Waals surface area contributed by atoms with Crippen molar-refractivity contribution in [3.63, 3.8) is 0 Å². The molecule has 0 radical (unpaired) electrons. The molecule has 1 N–H and O–H groups in total. The van der Waals surface area contributed by atoms with Crippen molar-refractivity contribution in [3.8, 4) is 5.75 Å². The number of amides is 1. The Bertz CT molecular complexity index is 528. The smallest absolute Gasteiger partial charge is 0.415 e. The number of methoxy groups -OCH3 is 1. The molecule has 114 valence electrons. The summed E-state index contributed by atoms with van der Waals surface area (Å²) in [6.07, 6.45) is 1.84. The van der Waals surface area contributed by atoms with Crippen LogP contribution in [0.3, 0.4) is 0 Å². The fourth-order valence-electron chi connectivity index (χ4n) is 3.29. The summed E-state index contributed by atoms with van der Waals surface area (Å²) in [5.41, 5.74) is 0.430. The number of piperidine rings is 1. The zero-order valence-corrected chi connectivity index (χ0v) is 12.6. The van der Waals surface area contributed by atoms with Gasteiger partial charge >= 0.3 is 6.09 Å². The molecule has 0 aromatic heterocycles. The number of carbonyl (C=O) groups excluding carboxylic acids is 1. The predicted octanol–water partition coefficient (Wildman–Crippen LogP) is 2.41. The van der Waals surface area contributed by atoms with Crippen molar-refractivity contribution >= 4 is 11.8 Å². The molecule has 0 saturated carbocycles. The molecular weight excluding hydrogens is 268 g/mol. The van der Waals surface area contributed by atoms with Gasteiger partial charge in [-0.25, -0.2) is 4.79 Å². The van der Waals surface area contributed by atoms with Gasteiger partial charge in [0.2, 0.25) is 0 Å². The van der Waals surface area contributed by atoms with Crippen molar-refractivity contribution in [2.75, 3.05) is 31.6 Å². The van der Waals surface area contributed by atoms with E-state index in [4.69, 9.17) is 9.47 Å². The highest BCUT2D eigenvalue weighted by atomic mass is 16.6. The van der Waals surface area contributed by atoms with Crippen molar-refractivity contribution < 1.29 is 14.3 Å². The molecule has 0 spiro atoms. The van der Waals surface area contributed by atoms with E-state index in [2.05, 4.69) is 12.2 Å². The number of carbonyl (C=O) groups is 1. The molecule has 1 atom stereocenters. The van der Waals surface area contributed by atoms with Gasteiger partial charge in [0.05, 0.1) is 19.3 Å². The Morgan fingerprint density at radius 3 is 2.86 bits per heavy atom. The fraction of sp³-hybridized carbons (Fsp3) is 0.562. The number of nitrogens with one attached hydrogen (secondary N) is 1. The van der Waals surface area contributed by atoms with E-state index in [-0.39, 0.29) is 6.09 Å². The van der Waals surface area contributed by atoms with Crippen molar-refractivity contribution in [1.29, 1.82) is 0 Å². The fourth-order valence-corrected chi connectivity index (χ4v) is 3.29. The second kappa shape index (κ2) is 5.56. The van der Waals surface area contributed by atoms with Crippen molar-refractivity contribution in [3.05, 3.63) is 24.3 Å². The highest BCUT2D eigenvalue weighted by molar-refractivity contribution is 5.90. The largest absolute Gasteiger partial charge is 0.497 e. The first-order valence-corrected chi connectivity index (χ1v) is 7.48. The Kier molecular flexibility index (Phi) is 3.76. The molecule has 2 aliphatic rings. The summed E-state index contributed by atoms with van der Waals surface area (Å²) in [6.45, 7) is 4.65. The summed E-state index contributed by atoms with van der Waals surface area (Å²) in [6, 6.07) is 7.55. The maximum atomic E-state index is 12.3. The van der Waals surface area contributed by atoms with Gasteiger partial charge in [-0.05, 0) is 45.0 Å². The molecule has 2 aliphatic heterocycles. The van der Waals surface area contributed by atoms with E-state index in [1.54, 1.807) is 12.0 Å². The number of anilines is 1. The van der Waals surface area contributed by atoms with Gasteiger partial charge in [0.15, 0.2) is 0 Å². The average Bonchev–Trinajstić information content (AvgIpc) is 2.84. The van der Waals surface area contributed by atoms with E-state index in [9.17, 15) is 4.79 Å². The number of ether oxygens (including phenoxy) is 2. The SMILES string of the molecule is COc1cccc(N2CC(C)(C3CCNCC3)OC2=O)c1. The first-order valence-electron chi connectivity index (χ1n) is 7.48. The number of benzene rings is 1. The molecule has 5 nitrogen and oxygen atoms in total. The second-order valence-corrected chi connectivity index (χ2v) is 5.99. The minimum absolute atomic E-state index is 0.260. The van der Waals surface area contributed by atoms with E-state index >= 15 is 0 Å². The van der Waals surface area contributed by atoms with Gasteiger partial charge in [-0.15, -0.1) is 0 Å². The molecule has 3 rings (SSSR count). The molecular formula is C16H22N2O3. The van der Waals surface area contributed by atoms with Gasteiger partial charge in [-0.2, -0.15) is 0 Å². The standard InChI is InChI=1S/C16H22N2O3/c1-16(12-6-8-17-9-7-12)11-18(15(19)21-16)13-4-3-5-14(10-13)20-2/h3-5,10,12,17H,6-9,11H2,1-2H3. The van der Waals surface area contributed by atoms with Crippen LogP contribution in [-0.4, -0.2) is 38.4 Å². The molecule has 5 heteroatoms. The monoisotopic (exact) mass is 290 g/mol. The van der Waals surface area contributed by atoms with Crippen LogP contribution in [0.15, 0.2) is 24.3 Å². The highest BCUT2D eigenvalue weighted by Crippen LogP contribution is 2.37. The first kappa shape index (κ1) is 14.2. The summed E-state index contributed by atoms with van der Waals surface area (Å²) in [4.78, 5) is 14.0. The number of rotatable bonds is 3. The van der Waals surface area contributed by atoms with Gasteiger partial charge < -0.3 is 14.8 Å². The van der Waals surface area contributed by atoms with Crippen molar-refractivity contribution in [2.24, 2.45) is 5.92 Å². The Labute approximate surface area is 125 Å². The van der Waals surface area contributed by atoms with E-state index in [1.807, 2.05) is 24.3 Å². The molecule has 1 unspecified atom stereocenters. The summed E-state index contributed by atoms with van der Waals surface area (Å²) in [5, 5.41) is 3.35. The van der Waals surface area contributed by atoms with Crippen LogP contribution in [0.5, 0.6) is 5.75 Å². The van der Waals surface area contributed by atoms with E-state index < -0.39 is 5.60 Å². The molecule has 1 aromatic rings. The first-order chi connectivity index (χ1) is 10.1. The third-order valence-corrected chi connectivity index (χ3v) is 4.58. The molecule has 21 heavy (non-hydrogen) atoms. The van der Waals surface area contributed by atoms with Crippen LogP contribution in [0.25, 0.3) is 0 Å². The Hall–Kier alpha value is -1.75. The summed E-state index contributed by atoms with van der Waals surface area (Å²) in [7, 11) is 1.63. The zero-order valence-electron chi connectivity index (χ0n) is 12.6. The summed E-state index contributed by atoms with van der Waals surface area (Å²) < 4.78 is 11.0. The number of cyclic esters (lactones) is 1. The molecule has 1 aromatic carbocycles. The van der Waals surface area contributed by atoms with Crippen LogP contribution in [0, 0.1) is 5.92 Å². The molecule has 2 saturated heterocycles. The minimum Gasteiger partial charge on any atom is -0.497 e. The van der Waals surface area contributed by atoms with Gasteiger partial charge in [0.1, 0.15) is 11.4 Å². The lowest BCUT2D eigenvalue weighted by molar-refractivity contribution is 0.00962. The number of hydrogen-bond donors (Lipinski definition) is 1. The minimum atomic E-state index is -0.401.